The van der Waals surface area contributed by atoms with Gasteiger partial charge in [0.15, 0.2) is 0 Å². The van der Waals surface area contributed by atoms with Crippen LogP contribution in [-0.4, -0.2) is 24.0 Å². The summed E-state index contributed by atoms with van der Waals surface area (Å²) in [6.45, 7) is 6.68. The van der Waals surface area contributed by atoms with E-state index in [1.807, 2.05) is 13.8 Å². The van der Waals surface area contributed by atoms with Crippen molar-refractivity contribution < 1.29 is 0 Å². The third-order valence-electron chi connectivity index (χ3n) is 2.99. The van der Waals surface area contributed by atoms with Crippen molar-refractivity contribution >= 4 is 0 Å². The van der Waals surface area contributed by atoms with Crippen molar-refractivity contribution in [3.63, 3.8) is 0 Å². The maximum absolute atomic E-state index is 3.22. The smallest absolute Gasteiger partial charge is 0.0113 e. The van der Waals surface area contributed by atoms with E-state index in [-0.39, 0.29) is 0 Å². The highest BCUT2D eigenvalue weighted by Crippen LogP contribution is 2.20. The lowest BCUT2D eigenvalue weighted by atomic mass is 10.1. The normalized spacial score (nSPS) is 23.0. The summed E-state index contributed by atoms with van der Waals surface area (Å²) in [4.78, 5) is 2.66. The first kappa shape index (κ1) is 11.6. The number of likely N-dealkylation sites (tertiary alicyclic amines) is 1. The lowest BCUT2D eigenvalue weighted by molar-refractivity contribution is 0.223. The molecule has 0 spiro atoms. The molecule has 0 bridgehead atoms. The molecule has 1 aliphatic carbocycles. The number of hydrogen-bond donors (Lipinski definition) is 0. The van der Waals surface area contributed by atoms with Gasteiger partial charge >= 0.3 is 0 Å². The summed E-state index contributed by atoms with van der Waals surface area (Å²) >= 11 is 0. The molecule has 0 N–H and O–H groups in total. The summed E-state index contributed by atoms with van der Waals surface area (Å²) in [5.74, 6) is 6.45. The Morgan fingerprint density at radius 2 is 1.43 bits per heavy atom. The Labute approximate surface area is 88.9 Å². The van der Waals surface area contributed by atoms with Gasteiger partial charge in [0.05, 0.1) is 0 Å². The van der Waals surface area contributed by atoms with E-state index in [2.05, 4.69) is 16.7 Å². The predicted molar refractivity (Wildman–Crippen MR) is 62.2 cm³/mol. The van der Waals surface area contributed by atoms with Gasteiger partial charge in [-0.05, 0) is 38.8 Å². The molecule has 0 aromatic carbocycles. The Bertz CT molecular complexity index is 181. The molecule has 2 aliphatic rings. The lowest BCUT2D eigenvalue weighted by Gasteiger charge is -2.25. The fourth-order valence-electron chi connectivity index (χ4n) is 2.27. The van der Waals surface area contributed by atoms with E-state index in [0.29, 0.717) is 0 Å². The Kier molecular flexibility index (Phi) is 5.71. The Morgan fingerprint density at radius 1 is 0.929 bits per heavy atom. The summed E-state index contributed by atoms with van der Waals surface area (Å²) in [5.41, 5.74) is 0. The van der Waals surface area contributed by atoms with E-state index in [1.165, 1.54) is 38.8 Å². The minimum absolute atomic E-state index is 0.843. The Balaban J connectivity index is 0.000000461. The van der Waals surface area contributed by atoms with Gasteiger partial charge in [-0.1, -0.05) is 13.8 Å². The van der Waals surface area contributed by atoms with Gasteiger partial charge in [0.25, 0.3) is 0 Å². The molecule has 1 nitrogen and oxygen atoms in total. The monoisotopic (exact) mass is 193 g/mol. The molecule has 80 valence electrons. The summed E-state index contributed by atoms with van der Waals surface area (Å²) in [6.07, 6.45) is 7.71. The van der Waals surface area contributed by atoms with Crippen LogP contribution < -0.4 is 0 Å². The molecule has 1 aliphatic heterocycles. The fraction of sp³-hybridized carbons (Fsp3) is 0.846. The van der Waals surface area contributed by atoms with Crippen molar-refractivity contribution in [1.82, 2.24) is 4.90 Å². The first-order valence-electron chi connectivity index (χ1n) is 6.16. The van der Waals surface area contributed by atoms with Crippen molar-refractivity contribution in [2.24, 2.45) is 0 Å². The van der Waals surface area contributed by atoms with Crippen LogP contribution in [0.4, 0.5) is 0 Å². The van der Waals surface area contributed by atoms with Crippen LogP contribution in [0.15, 0.2) is 0 Å². The van der Waals surface area contributed by atoms with Crippen LogP contribution in [0.25, 0.3) is 0 Å². The minimum Gasteiger partial charge on any atom is -0.300 e. The molecule has 0 saturated carbocycles. The molecular formula is C13H23N. The Hall–Kier alpha value is -0.480. The minimum atomic E-state index is 0.843. The topological polar surface area (TPSA) is 3.24 Å². The van der Waals surface area contributed by atoms with Crippen molar-refractivity contribution in [3.05, 3.63) is 0 Å². The van der Waals surface area contributed by atoms with Gasteiger partial charge in [-0.3, -0.25) is 0 Å². The van der Waals surface area contributed by atoms with Crippen LogP contribution in [-0.2, 0) is 0 Å². The quantitative estimate of drug-likeness (QED) is 0.579. The second-order valence-corrected chi connectivity index (χ2v) is 3.83. The predicted octanol–water partition coefficient (Wildman–Crippen LogP) is 3.05. The fourth-order valence-corrected chi connectivity index (χ4v) is 2.27. The maximum Gasteiger partial charge on any atom is 0.0113 e. The number of rotatable bonds is 1. The zero-order chi connectivity index (χ0) is 10.2. The molecule has 0 unspecified atom stereocenters. The second kappa shape index (κ2) is 6.90. The molecule has 0 aromatic heterocycles. The summed E-state index contributed by atoms with van der Waals surface area (Å²) in [7, 11) is 0. The van der Waals surface area contributed by atoms with Crippen molar-refractivity contribution in [1.29, 1.82) is 0 Å². The molecule has 2 rings (SSSR count). The van der Waals surface area contributed by atoms with Crippen molar-refractivity contribution in [2.45, 2.75) is 58.4 Å². The largest absolute Gasteiger partial charge is 0.300 e. The van der Waals surface area contributed by atoms with Crippen LogP contribution in [0.3, 0.4) is 0 Å². The number of hydrogen-bond acceptors (Lipinski definition) is 1. The highest BCUT2D eigenvalue weighted by molar-refractivity contribution is 5.03. The van der Waals surface area contributed by atoms with E-state index in [4.69, 9.17) is 0 Å². The van der Waals surface area contributed by atoms with Gasteiger partial charge < -0.3 is 4.90 Å². The Morgan fingerprint density at radius 3 is 1.93 bits per heavy atom. The molecule has 14 heavy (non-hydrogen) atoms. The lowest BCUT2D eigenvalue weighted by Crippen LogP contribution is -2.32. The molecule has 0 amide bonds. The molecule has 0 atom stereocenters. The van der Waals surface area contributed by atoms with Gasteiger partial charge in [-0.25, -0.2) is 0 Å². The third kappa shape index (κ3) is 3.35. The zero-order valence-corrected chi connectivity index (χ0v) is 9.68. The molecule has 0 aromatic rings. The van der Waals surface area contributed by atoms with E-state index in [0.717, 1.165) is 18.9 Å². The molecule has 1 fully saturated rings. The molecule has 1 saturated heterocycles. The maximum atomic E-state index is 3.22. The van der Waals surface area contributed by atoms with Gasteiger partial charge in [0.2, 0.25) is 0 Å². The summed E-state index contributed by atoms with van der Waals surface area (Å²) in [6, 6.07) is 0.843. The SMILES string of the molecule is C1#CCCC(N2CCCC2)CC1.CC. The van der Waals surface area contributed by atoms with E-state index >= 15 is 0 Å². The molecule has 1 heteroatoms. The van der Waals surface area contributed by atoms with Gasteiger partial charge in [0, 0.05) is 18.9 Å². The van der Waals surface area contributed by atoms with E-state index < -0.39 is 0 Å². The zero-order valence-electron chi connectivity index (χ0n) is 9.68. The third-order valence-corrected chi connectivity index (χ3v) is 2.99. The van der Waals surface area contributed by atoms with Crippen molar-refractivity contribution in [2.75, 3.05) is 13.1 Å². The van der Waals surface area contributed by atoms with Crippen LogP contribution in [0.1, 0.15) is 52.4 Å². The van der Waals surface area contributed by atoms with Gasteiger partial charge in [-0.2, -0.15) is 0 Å². The molecule has 1 heterocycles. The van der Waals surface area contributed by atoms with Gasteiger partial charge in [-0.15, -0.1) is 11.8 Å². The average molecular weight is 193 g/mol. The van der Waals surface area contributed by atoms with E-state index in [9.17, 15) is 0 Å². The first-order valence-corrected chi connectivity index (χ1v) is 6.16. The highest BCUT2D eigenvalue weighted by atomic mass is 15.2. The summed E-state index contributed by atoms with van der Waals surface area (Å²) < 4.78 is 0. The molecule has 0 radical (unpaired) electrons. The second-order valence-electron chi connectivity index (χ2n) is 3.83. The van der Waals surface area contributed by atoms with Crippen LogP contribution in [0.2, 0.25) is 0 Å². The summed E-state index contributed by atoms with van der Waals surface area (Å²) in [5, 5.41) is 0. The van der Waals surface area contributed by atoms with Crippen LogP contribution in [0.5, 0.6) is 0 Å². The van der Waals surface area contributed by atoms with E-state index in [1.54, 1.807) is 0 Å². The average Bonchev–Trinajstić information content (AvgIpc) is 2.64. The first-order chi connectivity index (χ1) is 6.97. The van der Waals surface area contributed by atoms with Crippen molar-refractivity contribution in [3.8, 4) is 11.8 Å². The van der Waals surface area contributed by atoms with Crippen LogP contribution >= 0.6 is 0 Å². The highest BCUT2D eigenvalue weighted by Gasteiger charge is 2.21. The van der Waals surface area contributed by atoms with Gasteiger partial charge in [0.1, 0.15) is 0 Å². The molecular weight excluding hydrogens is 170 g/mol. The number of nitrogens with zero attached hydrogens (tertiary/aromatic N) is 1. The van der Waals surface area contributed by atoms with Crippen LogP contribution in [0, 0.1) is 11.8 Å². The standard InChI is InChI=1S/C11H17N.C2H6/c1-2-4-8-11(7-3-1)12-9-5-6-10-12;1-2/h11H,3-10H2;1-2H3.